The topological polar surface area (TPSA) is 114 Å². The highest BCUT2D eigenvalue weighted by atomic mass is 19.4. The van der Waals surface area contributed by atoms with E-state index in [-0.39, 0.29) is 27.8 Å². The predicted octanol–water partition coefficient (Wildman–Crippen LogP) is 1.27. The quantitative estimate of drug-likeness (QED) is 0.652. The summed E-state index contributed by atoms with van der Waals surface area (Å²) in [6.45, 7) is 3.18. The van der Waals surface area contributed by atoms with E-state index < -0.39 is 35.7 Å². The number of amides is 1. The minimum atomic E-state index is -5.11. The third kappa shape index (κ3) is 2.72. The van der Waals surface area contributed by atoms with Gasteiger partial charge in [0.1, 0.15) is 17.9 Å². The molecule has 1 aromatic rings. The van der Waals surface area contributed by atoms with Crippen LogP contribution < -0.4 is 0 Å². The summed E-state index contributed by atoms with van der Waals surface area (Å²) in [5.74, 6) is -1.19. The molecule has 24 heavy (non-hydrogen) atoms. The van der Waals surface area contributed by atoms with Gasteiger partial charge in [0.25, 0.3) is 11.6 Å². The lowest BCUT2D eigenvalue weighted by Crippen LogP contribution is -2.57. The van der Waals surface area contributed by atoms with Gasteiger partial charge in [-0.25, -0.2) is 0 Å². The molecule has 0 saturated carbocycles. The van der Waals surface area contributed by atoms with Crippen LogP contribution in [-0.4, -0.2) is 48.3 Å². The van der Waals surface area contributed by atoms with E-state index in [2.05, 4.69) is 10.2 Å². The molecule has 1 atom stereocenters. The standard InChI is InChI=1S/C12H14F3N5O4/c1-6-4-11(22,12(13,14)15)19(16-6)9(21)5-18-8(3)10(20(23)24)7(2)17-18/h22H,4-5H2,1-3H3. The van der Waals surface area contributed by atoms with Gasteiger partial charge in [-0.15, -0.1) is 0 Å². The molecule has 1 amide bonds. The Balaban J connectivity index is 2.33. The number of aryl methyl sites for hydroxylation is 1. The molecule has 0 radical (unpaired) electrons. The van der Waals surface area contributed by atoms with Crippen LogP contribution in [0.2, 0.25) is 0 Å². The Kier molecular flexibility index (Phi) is 4.12. The number of hydrogen-bond donors (Lipinski definition) is 1. The monoisotopic (exact) mass is 349 g/mol. The number of rotatable bonds is 3. The first-order valence-electron chi connectivity index (χ1n) is 6.73. The Morgan fingerprint density at radius 1 is 1.42 bits per heavy atom. The molecule has 0 fully saturated rings. The average Bonchev–Trinajstić information content (AvgIpc) is 2.87. The zero-order valence-corrected chi connectivity index (χ0v) is 13.0. The molecule has 132 valence electrons. The fourth-order valence-electron chi connectivity index (χ4n) is 2.50. The molecule has 0 spiro atoms. The van der Waals surface area contributed by atoms with E-state index in [9.17, 15) is 33.2 Å². The Morgan fingerprint density at radius 2 is 2.00 bits per heavy atom. The van der Waals surface area contributed by atoms with Crippen molar-refractivity contribution in [2.45, 2.75) is 45.6 Å². The molecular formula is C12H14F3N5O4. The van der Waals surface area contributed by atoms with Crippen molar-refractivity contribution in [2.24, 2.45) is 5.10 Å². The number of hydrazone groups is 1. The first-order valence-corrected chi connectivity index (χ1v) is 6.73. The maximum absolute atomic E-state index is 13.1. The lowest BCUT2D eigenvalue weighted by Gasteiger charge is -2.32. The molecule has 2 heterocycles. The minimum absolute atomic E-state index is 0.0151. The molecule has 1 aliphatic heterocycles. The summed E-state index contributed by atoms with van der Waals surface area (Å²) in [5, 5.41) is 28.0. The van der Waals surface area contributed by atoms with Crippen LogP contribution in [0.5, 0.6) is 0 Å². The Morgan fingerprint density at radius 3 is 2.46 bits per heavy atom. The van der Waals surface area contributed by atoms with Crippen LogP contribution in [0.1, 0.15) is 24.7 Å². The number of nitrogens with zero attached hydrogens (tertiary/aromatic N) is 5. The molecule has 12 heteroatoms. The lowest BCUT2D eigenvalue weighted by molar-refractivity contribution is -0.386. The van der Waals surface area contributed by atoms with Gasteiger partial charge in [0, 0.05) is 12.1 Å². The van der Waals surface area contributed by atoms with Crippen LogP contribution in [0.3, 0.4) is 0 Å². The molecule has 1 unspecified atom stereocenters. The van der Waals surface area contributed by atoms with Gasteiger partial charge in [0.05, 0.1) is 4.92 Å². The Hall–Kier alpha value is -2.50. The number of hydrogen-bond acceptors (Lipinski definition) is 6. The fourth-order valence-corrected chi connectivity index (χ4v) is 2.50. The molecule has 2 rings (SSSR count). The van der Waals surface area contributed by atoms with Crippen molar-refractivity contribution in [3.8, 4) is 0 Å². The van der Waals surface area contributed by atoms with Gasteiger partial charge in [-0.3, -0.25) is 19.6 Å². The highest BCUT2D eigenvalue weighted by Crippen LogP contribution is 2.40. The van der Waals surface area contributed by atoms with E-state index in [1.807, 2.05) is 0 Å². The zero-order valence-electron chi connectivity index (χ0n) is 13.0. The van der Waals surface area contributed by atoms with E-state index >= 15 is 0 Å². The molecule has 1 aromatic heterocycles. The number of alkyl halides is 3. The fraction of sp³-hybridized carbons (Fsp3) is 0.583. The normalized spacial score (nSPS) is 21.1. The van der Waals surface area contributed by atoms with Crippen molar-refractivity contribution in [1.29, 1.82) is 0 Å². The van der Waals surface area contributed by atoms with Crippen molar-refractivity contribution < 1.29 is 28.0 Å². The van der Waals surface area contributed by atoms with Crippen LogP contribution in [-0.2, 0) is 11.3 Å². The zero-order chi connectivity index (χ0) is 18.4. The molecule has 1 N–H and O–H groups in total. The smallest absolute Gasteiger partial charge is 0.362 e. The van der Waals surface area contributed by atoms with Crippen molar-refractivity contribution in [3.05, 3.63) is 21.5 Å². The van der Waals surface area contributed by atoms with Gasteiger partial charge in [-0.1, -0.05) is 0 Å². The van der Waals surface area contributed by atoms with Crippen molar-refractivity contribution >= 4 is 17.3 Å². The summed E-state index contributed by atoms with van der Waals surface area (Å²) in [5.41, 5.74) is -3.78. The maximum Gasteiger partial charge on any atom is 0.438 e. The van der Waals surface area contributed by atoms with Crippen molar-refractivity contribution in [3.63, 3.8) is 0 Å². The predicted molar refractivity (Wildman–Crippen MR) is 73.9 cm³/mol. The second-order valence-electron chi connectivity index (χ2n) is 5.47. The van der Waals surface area contributed by atoms with Gasteiger partial charge in [0.15, 0.2) is 0 Å². The van der Waals surface area contributed by atoms with Gasteiger partial charge in [-0.05, 0) is 20.8 Å². The summed E-state index contributed by atoms with van der Waals surface area (Å²) < 4.78 is 40.2. The van der Waals surface area contributed by atoms with Crippen LogP contribution in [0, 0.1) is 24.0 Å². The molecule has 0 saturated heterocycles. The van der Waals surface area contributed by atoms with Crippen LogP contribution in [0.4, 0.5) is 18.9 Å². The van der Waals surface area contributed by atoms with Crippen LogP contribution >= 0.6 is 0 Å². The number of carbonyl (C=O) groups is 1. The summed E-state index contributed by atoms with van der Waals surface area (Å²) in [6, 6.07) is 0. The van der Waals surface area contributed by atoms with Gasteiger partial charge < -0.3 is 5.11 Å². The van der Waals surface area contributed by atoms with Crippen molar-refractivity contribution in [1.82, 2.24) is 14.8 Å². The molecule has 0 aromatic carbocycles. The van der Waals surface area contributed by atoms with Gasteiger partial charge in [0.2, 0.25) is 0 Å². The third-order valence-electron chi connectivity index (χ3n) is 3.62. The first-order chi connectivity index (χ1) is 10.9. The Labute approximate surface area is 133 Å². The lowest BCUT2D eigenvalue weighted by atomic mass is 10.1. The van der Waals surface area contributed by atoms with Crippen molar-refractivity contribution in [2.75, 3.05) is 0 Å². The molecule has 9 nitrogen and oxygen atoms in total. The first kappa shape index (κ1) is 17.8. The highest BCUT2D eigenvalue weighted by molar-refractivity contribution is 5.89. The average molecular weight is 349 g/mol. The number of carbonyl (C=O) groups excluding carboxylic acids is 1. The Bertz CT molecular complexity index is 742. The number of nitro groups is 1. The molecule has 1 aliphatic rings. The van der Waals surface area contributed by atoms with E-state index in [0.29, 0.717) is 0 Å². The summed E-state index contributed by atoms with van der Waals surface area (Å²) in [7, 11) is 0. The van der Waals surface area contributed by atoms with Crippen LogP contribution in [0.25, 0.3) is 0 Å². The second kappa shape index (κ2) is 5.54. The molecular weight excluding hydrogens is 335 g/mol. The van der Waals surface area contributed by atoms with E-state index in [4.69, 9.17) is 0 Å². The number of aliphatic hydroxyl groups is 1. The number of halogens is 3. The van der Waals surface area contributed by atoms with Gasteiger partial charge >= 0.3 is 11.9 Å². The summed E-state index contributed by atoms with van der Waals surface area (Å²) in [4.78, 5) is 22.4. The van der Waals surface area contributed by atoms with Crippen LogP contribution in [0.15, 0.2) is 5.10 Å². The highest BCUT2D eigenvalue weighted by Gasteiger charge is 2.62. The summed E-state index contributed by atoms with van der Waals surface area (Å²) in [6.07, 6.45) is -5.97. The third-order valence-corrected chi connectivity index (χ3v) is 3.62. The van der Waals surface area contributed by atoms with E-state index in [0.717, 1.165) is 4.68 Å². The largest absolute Gasteiger partial charge is 0.438 e. The van der Waals surface area contributed by atoms with E-state index in [1.54, 1.807) is 0 Å². The molecule has 0 bridgehead atoms. The molecule has 0 aliphatic carbocycles. The second-order valence-corrected chi connectivity index (χ2v) is 5.47. The SMILES string of the molecule is CC1=NN(C(=O)Cn2nc(C)c([N+](=O)[O-])c2C)C(O)(C(F)(F)F)C1. The summed E-state index contributed by atoms with van der Waals surface area (Å²) >= 11 is 0. The number of aromatic nitrogens is 2. The maximum atomic E-state index is 13.1. The van der Waals surface area contributed by atoms with Gasteiger partial charge in [-0.2, -0.15) is 28.4 Å². The minimum Gasteiger partial charge on any atom is -0.362 e. The van der Waals surface area contributed by atoms with E-state index in [1.165, 1.54) is 20.8 Å².